The Hall–Kier alpha value is -2.20. The summed E-state index contributed by atoms with van der Waals surface area (Å²) in [5.74, 6) is -0.249. The van der Waals surface area contributed by atoms with Crippen LogP contribution in [-0.4, -0.2) is 19.0 Å². The molecule has 5 heteroatoms. The zero-order valence-electron chi connectivity index (χ0n) is 13.8. The fourth-order valence-corrected chi connectivity index (χ4v) is 3.36. The van der Waals surface area contributed by atoms with E-state index in [-0.39, 0.29) is 5.91 Å². The molecule has 0 bridgehead atoms. The molecule has 0 saturated carbocycles. The summed E-state index contributed by atoms with van der Waals surface area (Å²) in [5.41, 5.74) is 10.0. The molecule has 0 atom stereocenters. The van der Waals surface area contributed by atoms with E-state index in [9.17, 15) is 4.79 Å². The van der Waals surface area contributed by atoms with Crippen LogP contribution in [0.4, 0.5) is 17.1 Å². The number of carbonyl (C=O) groups is 1. The van der Waals surface area contributed by atoms with Crippen LogP contribution >= 0.6 is 11.6 Å². The van der Waals surface area contributed by atoms with Crippen molar-refractivity contribution in [3.05, 3.63) is 52.5 Å². The van der Waals surface area contributed by atoms with Crippen molar-refractivity contribution < 1.29 is 4.79 Å². The summed E-state index contributed by atoms with van der Waals surface area (Å²) in [6.07, 6.45) is 3.68. The topological polar surface area (TPSA) is 58.4 Å². The zero-order chi connectivity index (χ0) is 17.1. The monoisotopic (exact) mass is 343 g/mol. The van der Waals surface area contributed by atoms with Crippen molar-refractivity contribution in [2.24, 2.45) is 0 Å². The van der Waals surface area contributed by atoms with Crippen molar-refractivity contribution in [3.8, 4) is 0 Å². The molecule has 3 N–H and O–H groups in total. The van der Waals surface area contributed by atoms with E-state index < -0.39 is 0 Å². The first kappa shape index (κ1) is 16.7. The minimum atomic E-state index is -0.249. The van der Waals surface area contributed by atoms with Gasteiger partial charge in [-0.25, -0.2) is 0 Å². The number of hydrogen-bond donors (Lipinski definition) is 2. The molecular weight excluding hydrogens is 322 g/mol. The molecule has 0 aromatic heterocycles. The number of nitrogens with two attached hydrogens (primary N) is 1. The Morgan fingerprint density at radius 3 is 2.58 bits per heavy atom. The number of halogens is 1. The Kier molecular flexibility index (Phi) is 4.95. The molecule has 1 aliphatic heterocycles. The van der Waals surface area contributed by atoms with Gasteiger partial charge in [-0.3, -0.25) is 4.79 Å². The number of benzene rings is 2. The Morgan fingerprint density at radius 2 is 1.88 bits per heavy atom. The minimum absolute atomic E-state index is 0.249. The molecule has 126 valence electrons. The SMILES string of the molecule is Cc1cc(N)c(NC(=O)c2ccccc2Cl)cc1N1CCCCC1. The molecule has 0 spiro atoms. The maximum atomic E-state index is 12.5. The molecular formula is C19H22ClN3O. The highest BCUT2D eigenvalue weighted by Gasteiger charge is 2.17. The van der Waals surface area contributed by atoms with Gasteiger partial charge in [0.15, 0.2) is 0 Å². The van der Waals surface area contributed by atoms with Crippen LogP contribution in [0, 0.1) is 6.92 Å². The van der Waals surface area contributed by atoms with Crippen molar-refractivity contribution in [3.63, 3.8) is 0 Å². The molecule has 2 aromatic rings. The lowest BCUT2D eigenvalue weighted by molar-refractivity contribution is 0.102. The maximum Gasteiger partial charge on any atom is 0.257 e. The zero-order valence-corrected chi connectivity index (χ0v) is 14.6. The fraction of sp³-hybridized carbons (Fsp3) is 0.316. The number of hydrogen-bond acceptors (Lipinski definition) is 3. The van der Waals surface area contributed by atoms with Crippen molar-refractivity contribution in [2.75, 3.05) is 29.0 Å². The van der Waals surface area contributed by atoms with Crippen molar-refractivity contribution in [2.45, 2.75) is 26.2 Å². The molecule has 4 nitrogen and oxygen atoms in total. The Labute approximate surface area is 147 Å². The second-order valence-electron chi connectivity index (χ2n) is 6.21. The van der Waals surface area contributed by atoms with Crippen LogP contribution in [0.15, 0.2) is 36.4 Å². The Bertz CT molecular complexity index is 754. The van der Waals surface area contributed by atoms with Gasteiger partial charge in [0, 0.05) is 18.8 Å². The lowest BCUT2D eigenvalue weighted by atomic mass is 10.1. The van der Waals surface area contributed by atoms with E-state index in [0.29, 0.717) is 22.0 Å². The van der Waals surface area contributed by atoms with E-state index in [2.05, 4.69) is 17.1 Å². The largest absolute Gasteiger partial charge is 0.397 e. The molecule has 1 saturated heterocycles. The van der Waals surface area contributed by atoms with Crippen LogP contribution in [0.2, 0.25) is 5.02 Å². The van der Waals surface area contributed by atoms with E-state index in [4.69, 9.17) is 17.3 Å². The number of anilines is 3. The highest BCUT2D eigenvalue weighted by Crippen LogP contribution is 2.32. The second kappa shape index (κ2) is 7.14. The summed E-state index contributed by atoms with van der Waals surface area (Å²) >= 11 is 6.10. The molecule has 1 amide bonds. The first-order valence-corrected chi connectivity index (χ1v) is 8.65. The third-order valence-electron chi connectivity index (χ3n) is 4.43. The fourth-order valence-electron chi connectivity index (χ4n) is 3.14. The molecule has 2 aromatic carbocycles. The van der Waals surface area contributed by atoms with Gasteiger partial charge in [0.1, 0.15) is 0 Å². The van der Waals surface area contributed by atoms with Crippen LogP contribution in [-0.2, 0) is 0 Å². The first-order valence-electron chi connectivity index (χ1n) is 8.27. The van der Waals surface area contributed by atoms with E-state index >= 15 is 0 Å². The maximum absolute atomic E-state index is 12.5. The van der Waals surface area contributed by atoms with Crippen LogP contribution in [0.5, 0.6) is 0 Å². The van der Waals surface area contributed by atoms with Gasteiger partial charge in [-0.1, -0.05) is 23.7 Å². The number of amides is 1. The van der Waals surface area contributed by atoms with Gasteiger partial charge in [-0.05, 0) is 56.0 Å². The lowest BCUT2D eigenvalue weighted by Crippen LogP contribution is -2.30. The molecule has 0 radical (unpaired) electrons. The predicted molar refractivity (Wildman–Crippen MR) is 101 cm³/mol. The molecule has 3 rings (SSSR count). The highest BCUT2D eigenvalue weighted by atomic mass is 35.5. The lowest BCUT2D eigenvalue weighted by Gasteiger charge is -2.31. The number of nitrogens with zero attached hydrogens (tertiary/aromatic N) is 1. The van der Waals surface area contributed by atoms with Crippen LogP contribution < -0.4 is 16.0 Å². The Balaban J connectivity index is 1.87. The normalized spacial score (nSPS) is 14.5. The number of nitrogens with one attached hydrogen (secondary N) is 1. The number of rotatable bonds is 3. The number of carbonyl (C=O) groups excluding carboxylic acids is 1. The van der Waals surface area contributed by atoms with Gasteiger partial charge in [0.25, 0.3) is 5.91 Å². The minimum Gasteiger partial charge on any atom is -0.397 e. The third kappa shape index (κ3) is 3.49. The van der Waals surface area contributed by atoms with Gasteiger partial charge in [-0.2, -0.15) is 0 Å². The average molecular weight is 344 g/mol. The van der Waals surface area contributed by atoms with E-state index in [0.717, 1.165) is 24.3 Å². The standard InChI is InChI=1S/C19H22ClN3O/c1-13-11-16(21)17(12-18(13)23-9-5-2-6-10-23)22-19(24)14-7-3-4-8-15(14)20/h3-4,7-8,11-12H,2,5-6,9-10,21H2,1H3,(H,22,24). The summed E-state index contributed by atoms with van der Waals surface area (Å²) in [6.45, 7) is 4.14. The predicted octanol–water partition coefficient (Wildman–Crippen LogP) is 4.47. The van der Waals surface area contributed by atoms with Gasteiger partial charge in [-0.15, -0.1) is 0 Å². The van der Waals surface area contributed by atoms with Crippen LogP contribution in [0.1, 0.15) is 35.2 Å². The van der Waals surface area contributed by atoms with Crippen LogP contribution in [0.25, 0.3) is 0 Å². The van der Waals surface area contributed by atoms with E-state index in [1.54, 1.807) is 24.3 Å². The van der Waals surface area contributed by atoms with Crippen molar-refractivity contribution in [1.29, 1.82) is 0 Å². The molecule has 1 fully saturated rings. The van der Waals surface area contributed by atoms with Gasteiger partial charge in [0.2, 0.25) is 0 Å². The second-order valence-corrected chi connectivity index (χ2v) is 6.61. The van der Waals surface area contributed by atoms with Crippen molar-refractivity contribution >= 4 is 34.6 Å². The van der Waals surface area contributed by atoms with Gasteiger partial charge >= 0.3 is 0 Å². The van der Waals surface area contributed by atoms with Crippen LogP contribution in [0.3, 0.4) is 0 Å². The van der Waals surface area contributed by atoms with E-state index in [1.807, 2.05) is 12.1 Å². The quantitative estimate of drug-likeness (QED) is 0.808. The third-order valence-corrected chi connectivity index (χ3v) is 4.76. The summed E-state index contributed by atoms with van der Waals surface area (Å²) in [6, 6.07) is 10.9. The number of piperidine rings is 1. The molecule has 0 unspecified atom stereocenters. The van der Waals surface area contributed by atoms with Gasteiger partial charge in [0.05, 0.1) is 22.0 Å². The smallest absolute Gasteiger partial charge is 0.257 e. The molecule has 1 heterocycles. The first-order chi connectivity index (χ1) is 11.6. The van der Waals surface area contributed by atoms with Gasteiger partial charge < -0.3 is 16.0 Å². The number of nitrogen functional groups attached to an aromatic ring is 1. The van der Waals surface area contributed by atoms with E-state index in [1.165, 1.54) is 19.3 Å². The van der Waals surface area contributed by atoms with Crippen molar-refractivity contribution in [1.82, 2.24) is 0 Å². The average Bonchev–Trinajstić information content (AvgIpc) is 2.58. The number of aryl methyl sites for hydroxylation is 1. The Morgan fingerprint density at radius 1 is 1.17 bits per heavy atom. The molecule has 0 aliphatic carbocycles. The summed E-state index contributed by atoms with van der Waals surface area (Å²) in [5, 5.41) is 3.33. The molecule has 24 heavy (non-hydrogen) atoms. The summed E-state index contributed by atoms with van der Waals surface area (Å²) in [4.78, 5) is 14.9. The summed E-state index contributed by atoms with van der Waals surface area (Å²) in [7, 11) is 0. The highest BCUT2D eigenvalue weighted by molar-refractivity contribution is 6.34. The molecule has 1 aliphatic rings. The summed E-state index contributed by atoms with van der Waals surface area (Å²) < 4.78 is 0.